The highest BCUT2D eigenvalue weighted by Gasteiger charge is 2.35. The second-order valence-electron chi connectivity index (χ2n) is 7.87. The fourth-order valence-corrected chi connectivity index (χ4v) is 4.57. The molecule has 2 aromatic rings. The van der Waals surface area contributed by atoms with Crippen LogP contribution in [0.25, 0.3) is 0 Å². The van der Waals surface area contributed by atoms with E-state index < -0.39 is 12.0 Å². The lowest BCUT2D eigenvalue weighted by atomic mass is 9.99. The number of carbonyl (C=O) groups excluding carboxylic acids is 2. The van der Waals surface area contributed by atoms with Crippen molar-refractivity contribution >= 4 is 46.4 Å². The Balaban J connectivity index is 1.89. The van der Waals surface area contributed by atoms with Crippen LogP contribution in [0.1, 0.15) is 45.1 Å². The van der Waals surface area contributed by atoms with E-state index in [1.807, 2.05) is 31.2 Å². The molecule has 31 heavy (non-hydrogen) atoms. The number of benzene rings is 2. The summed E-state index contributed by atoms with van der Waals surface area (Å²) in [5.41, 5.74) is 2.61. The normalized spacial score (nSPS) is 17.2. The Kier molecular flexibility index (Phi) is 7.84. The van der Waals surface area contributed by atoms with Crippen molar-refractivity contribution in [2.75, 3.05) is 29.4 Å². The van der Waals surface area contributed by atoms with Crippen molar-refractivity contribution < 1.29 is 9.59 Å². The first-order valence-corrected chi connectivity index (χ1v) is 11.5. The second kappa shape index (κ2) is 10.4. The molecule has 2 aromatic carbocycles. The van der Waals surface area contributed by atoms with Crippen LogP contribution in [0.2, 0.25) is 10.0 Å². The topological polar surface area (TPSA) is 52.7 Å². The number of nitrogens with one attached hydrogen (secondary N) is 1. The molecular formula is C24H29Cl2N3O2. The van der Waals surface area contributed by atoms with Gasteiger partial charge in [-0.3, -0.25) is 9.59 Å². The lowest BCUT2D eigenvalue weighted by Crippen LogP contribution is -2.53. The van der Waals surface area contributed by atoms with Crippen molar-refractivity contribution in [2.45, 2.75) is 45.6 Å². The molecule has 0 saturated carbocycles. The summed E-state index contributed by atoms with van der Waals surface area (Å²) in [5, 5.41) is 3.95. The van der Waals surface area contributed by atoms with E-state index in [2.05, 4.69) is 17.1 Å². The molecule has 0 fully saturated rings. The first kappa shape index (κ1) is 23.4. The number of nitrogens with zero attached hydrogens (tertiary/aromatic N) is 2. The number of anilines is 2. The number of fused-ring (bicyclic) bond motifs is 1. The molecule has 2 atom stereocenters. The minimum Gasteiger partial charge on any atom is -0.367 e. The quantitative estimate of drug-likeness (QED) is 0.611. The number of amides is 2. The third-order valence-electron chi connectivity index (χ3n) is 5.56. The molecule has 1 aliphatic rings. The molecule has 2 amide bonds. The maximum Gasteiger partial charge on any atom is 0.251 e. The van der Waals surface area contributed by atoms with Gasteiger partial charge in [0.15, 0.2) is 0 Å². The molecule has 2 unspecified atom stereocenters. The van der Waals surface area contributed by atoms with Crippen LogP contribution in [0.3, 0.4) is 0 Å². The Bertz CT molecular complexity index is 950. The van der Waals surface area contributed by atoms with Crippen molar-refractivity contribution in [3.8, 4) is 0 Å². The number of rotatable bonds is 7. The zero-order valence-electron chi connectivity index (χ0n) is 18.2. The van der Waals surface area contributed by atoms with Gasteiger partial charge in [-0.05, 0) is 49.6 Å². The Morgan fingerprint density at radius 2 is 1.77 bits per heavy atom. The number of halogens is 2. The second-order valence-corrected chi connectivity index (χ2v) is 8.72. The van der Waals surface area contributed by atoms with Gasteiger partial charge in [-0.1, -0.05) is 55.2 Å². The monoisotopic (exact) mass is 461 g/mol. The molecule has 0 spiro atoms. The van der Waals surface area contributed by atoms with Crippen molar-refractivity contribution in [3.63, 3.8) is 0 Å². The van der Waals surface area contributed by atoms with Gasteiger partial charge >= 0.3 is 0 Å². The van der Waals surface area contributed by atoms with E-state index in [4.69, 9.17) is 23.2 Å². The summed E-state index contributed by atoms with van der Waals surface area (Å²) >= 11 is 12.3. The van der Waals surface area contributed by atoms with E-state index in [1.165, 1.54) is 0 Å². The van der Waals surface area contributed by atoms with Gasteiger partial charge in [-0.15, -0.1) is 0 Å². The Hall–Kier alpha value is -2.24. The van der Waals surface area contributed by atoms with E-state index in [0.29, 0.717) is 28.7 Å². The van der Waals surface area contributed by atoms with Crippen molar-refractivity contribution in [2.24, 2.45) is 0 Å². The summed E-state index contributed by atoms with van der Waals surface area (Å²) in [6.45, 7) is 7.76. The molecular weight excluding hydrogens is 433 g/mol. The van der Waals surface area contributed by atoms with Crippen LogP contribution in [0, 0.1) is 0 Å². The van der Waals surface area contributed by atoms with Gasteiger partial charge in [0.25, 0.3) is 5.91 Å². The van der Waals surface area contributed by atoms with Gasteiger partial charge in [0.05, 0.1) is 17.3 Å². The lowest BCUT2D eigenvalue weighted by molar-refractivity contribution is -0.128. The summed E-state index contributed by atoms with van der Waals surface area (Å²) in [7, 11) is 0. The molecule has 0 saturated heterocycles. The SMILES string of the molecule is CCCN1CC(NC(=O)C(C)c2ccc(Cl)cc2Cl)C(=O)N(CCC)c2ccccc21. The van der Waals surface area contributed by atoms with Gasteiger partial charge in [0, 0.05) is 29.7 Å². The summed E-state index contributed by atoms with van der Waals surface area (Å²) in [4.78, 5) is 30.6. The highest BCUT2D eigenvalue weighted by Crippen LogP contribution is 2.33. The van der Waals surface area contributed by atoms with Crippen LogP contribution in [-0.2, 0) is 9.59 Å². The van der Waals surface area contributed by atoms with Gasteiger partial charge in [-0.2, -0.15) is 0 Å². The standard InChI is InChI=1S/C24H29Cl2N3O2/c1-4-12-28-15-20(24(31)29(13-5-2)22-9-7-6-8-21(22)28)27-23(30)16(3)18-11-10-17(25)14-19(18)26/h6-11,14,16,20H,4-5,12-13,15H2,1-3H3,(H,27,30). The maximum atomic E-state index is 13.5. The molecule has 0 aliphatic carbocycles. The number of hydrogen-bond donors (Lipinski definition) is 1. The molecule has 0 bridgehead atoms. The van der Waals surface area contributed by atoms with Crippen LogP contribution in [0.4, 0.5) is 11.4 Å². The Morgan fingerprint density at radius 3 is 2.42 bits per heavy atom. The minimum atomic E-state index is -0.647. The molecule has 3 rings (SSSR count). The molecule has 7 heteroatoms. The highest BCUT2D eigenvalue weighted by molar-refractivity contribution is 6.35. The molecule has 5 nitrogen and oxygen atoms in total. The molecule has 0 aromatic heterocycles. The Labute approximate surface area is 194 Å². The van der Waals surface area contributed by atoms with E-state index in [1.54, 1.807) is 30.0 Å². The van der Waals surface area contributed by atoms with E-state index >= 15 is 0 Å². The zero-order chi connectivity index (χ0) is 22.5. The average Bonchev–Trinajstić information content (AvgIpc) is 2.85. The van der Waals surface area contributed by atoms with Crippen LogP contribution < -0.4 is 15.1 Å². The van der Waals surface area contributed by atoms with Gasteiger partial charge in [0.2, 0.25) is 5.91 Å². The minimum absolute atomic E-state index is 0.0874. The molecule has 1 N–H and O–H groups in total. The fraction of sp³-hybridized carbons (Fsp3) is 0.417. The fourth-order valence-electron chi connectivity index (χ4n) is 4.00. The third kappa shape index (κ3) is 5.16. The zero-order valence-corrected chi connectivity index (χ0v) is 19.7. The van der Waals surface area contributed by atoms with Crippen LogP contribution in [0.5, 0.6) is 0 Å². The molecule has 1 heterocycles. The van der Waals surface area contributed by atoms with Gasteiger partial charge in [-0.25, -0.2) is 0 Å². The number of carbonyl (C=O) groups is 2. The summed E-state index contributed by atoms with van der Waals surface area (Å²) in [6.07, 6.45) is 1.76. The Morgan fingerprint density at radius 1 is 1.10 bits per heavy atom. The first-order valence-electron chi connectivity index (χ1n) is 10.8. The summed E-state index contributed by atoms with van der Waals surface area (Å²) < 4.78 is 0. The first-order chi connectivity index (χ1) is 14.9. The predicted octanol–water partition coefficient (Wildman–Crippen LogP) is 5.25. The molecule has 1 aliphatic heterocycles. The largest absolute Gasteiger partial charge is 0.367 e. The van der Waals surface area contributed by atoms with E-state index in [0.717, 1.165) is 30.8 Å². The maximum absolute atomic E-state index is 13.5. The van der Waals surface area contributed by atoms with Crippen LogP contribution >= 0.6 is 23.2 Å². The lowest BCUT2D eigenvalue weighted by Gasteiger charge is -2.27. The van der Waals surface area contributed by atoms with Crippen LogP contribution in [0.15, 0.2) is 42.5 Å². The van der Waals surface area contributed by atoms with Gasteiger partial charge in [0.1, 0.15) is 6.04 Å². The number of para-hydroxylation sites is 2. The average molecular weight is 462 g/mol. The van der Waals surface area contributed by atoms with Crippen molar-refractivity contribution in [3.05, 3.63) is 58.1 Å². The van der Waals surface area contributed by atoms with Crippen molar-refractivity contribution in [1.29, 1.82) is 0 Å². The summed E-state index contributed by atoms with van der Waals surface area (Å²) in [5.74, 6) is -0.834. The molecule has 166 valence electrons. The highest BCUT2D eigenvalue weighted by atomic mass is 35.5. The number of hydrogen-bond acceptors (Lipinski definition) is 3. The smallest absolute Gasteiger partial charge is 0.251 e. The van der Waals surface area contributed by atoms with E-state index in [-0.39, 0.29) is 11.8 Å². The van der Waals surface area contributed by atoms with Crippen LogP contribution in [-0.4, -0.2) is 37.5 Å². The van der Waals surface area contributed by atoms with Crippen molar-refractivity contribution in [1.82, 2.24) is 5.32 Å². The summed E-state index contributed by atoms with van der Waals surface area (Å²) in [6, 6.07) is 12.4. The third-order valence-corrected chi connectivity index (χ3v) is 6.12. The predicted molar refractivity (Wildman–Crippen MR) is 128 cm³/mol. The molecule has 0 radical (unpaired) electrons. The van der Waals surface area contributed by atoms with E-state index in [9.17, 15) is 9.59 Å². The van der Waals surface area contributed by atoms with Gasteiger partial charge < -0.3 is 15.1 Å².